The van der Waals surface area contributed by atoms with Crippen molar-refractivity contribution >= 4 is 56.7 Å². The highest BCUT2D eigenvalue weighted by Gasteiger charge is 2.30. The van der Waals surface area contributed by atoms with Crippen LogP contribution in [0.4, 0.5) is 11.4 Å². The van der Waals surface area contributed by atoms with E-state index in [0.717, 1.165) is 83.1 Å². The van der Waals surface area contributed by atoms with E-state index >= 15 is 0 Å². The summed E-state index contributed by atoms with van der Waals surface area (Å²) in [5, 5.41) is 0. The molecule has 264 valence electrons. The zero-order valence-corrected chi connectivity index (χ0v) is 31.3. The molecule has 0 radical (unpaired) electrons. The third kappa shape index (κ3) is 5.91. The Morgan fingerprint density at radius 2 is 0.922 bits per heavy atom. The van der Waals surface area contributed by atoms with Gasteiger partial charge in [-0.05, 0) is 122 Å². The number of hydrogen-bond donors (Lipinski definition) is 0. The lowest BCUT2D eigenvalue weighted by Crippen LogP contribution is -2.34. The number of aryl methyl sites for hydroxylation is 6. The molecule has 0 amide bonds. The summed E-state index contributed by atoms with van der Waals surface area (Å²) < 4.78 is 10.0. The summed E-state index contributed by atoms with van der Waals surface area (Å²) in [6, 6.07) is 9.79. The predicted molar refractivity (Wildman–Crippen MR) is 208 cm³/mol. The second-order valence-corrected chi connectivity index (χ2v) is 15.0. The molecule has 0 spiro atoms. The first-order chi connectivity index (χ1) is 24.9. The minimum Gasteiger partial charge on any atom is -0.371 e. The van der Waals surface area contributed by atoms with Crippen LogP contribution in [0.2, 0.25) is 0 Å². The number of ketones is 2. The number of rotatable bonds is 7. The third-order valence-electron chi connectivity index (χ3n) is 11.4. The van der Waals surface area contributed by atoms with Gasteiger partial charge in [0.2, 0.25) is 0 Å². The van der Waals surface area contributed by atoms with Crippen LogP contribution in [-0.2, 0) is 48.1 Å². The molecule has 8 nitrogen and oxygen atoms in total. The van der Waals surface area contributed by atoms with Gasteiger partial charge in [-0.15, -0.1) is 0 Å². The molecular formula is C42H48N6O2S. The number of carbonyl (C=O) groups is 2. The van der Waals surface area contributed by atoms with Gasteiger partial charge in [0.1, 0.15) is 11.0 Å². The van der Waals surface area contributed by atoms with Crippen molar-refractivity contribution in [1.29, 1.82) is 0 Å². The van der Waals surface area contributed by atoms with Gasteiger partial charge < -0.3 is 9.80 Å². The molecule has 0 unspecified atom stereocenters. The second kappa shape index (κ2) is 14.1. The summed E-state index contributed by atoms with van der Waals surface area (Å²) in [5.74, 6) is -0.514. The van der Waals surface area contributed by atoms with Gasteiger partial charge in [-0.25, -0.2) is 9.97 Å². The average Bonchev–Trinajstić information content (AvgIpc) is 3.65. The van der Waals surface area contributed by atoms with Crippen molar-refractivity contribution < 1.29 is 9.59 Å². The summed E-state index contributed by atoms with van der Waals surface area (Å²) in [7, 11) is 0. The van der Waals surface area contributed by atoms with Crippen LogP contribution in [0.25, 0.3) is 44.3 Å². The number of hydrogen-bond acceptors (Lipinski definition) is 9. The molecule has 9 heteroatoms. The SMILES string of the molecule is CCC(=O)C(=O)CC.CCc1nc2c(-c3cc4c5c(c3)CCCN5CCC4)c3nsnc3c(-c3cc4c5c(c3)CCCN5CCC4)c2nc1CC. The van der Waals surface area contributed by atoms with Gasteiger partial charge in [-0.1, -0.05) is 27.7 Å². The molecule has 4 aliphatic heterocycles. The molecule has 9 rings (SSSR count). The van der Waals surface area contributed by atoms with Gasteiger partial charge in [-0.2, -0.15) is 8.75 Å². The predicted octanol–water partition coefficient (Wildman–Crippen LogP) is 8.44. The van der Waals surface area contributed by atoms with Crippen LogP contribution >= 0.6 is 11.7 Å². The van der Waals surface area contributed by atoms with Crippen molar-refractivity contribution in [2.75, 3.05) is 36.0 Å². The van der Waals surface area contributed by atoms with Crippen LogP contribution in [0.5, 0.6) is 0 Å². The Morgan fingerprint density at radius 3 is 1.24 bits per heavy atom. The van der Waals surface area contributed by atoms with Crippen LogP contribution in [0.1, 0.15) is 99.9 Å². The van der Waals surface area contributed by atoms with E-state index in [1.807, 2.05) is 0 Å². The van der Waals surface area contributed by atoms with Crippen molar-refractivity contribution in [3.8, 4) is 22.3 Å². The standard InChI is InChI=1S/C36H38N6S.C6H10O2/c1-3-27-28(4-2)38-32-30(26-19-23-11-7-15-42-16-8-12-24(20-26)36(23)42)34-33(39-43-40-34)29(31(32)37-27)25-17-21-9-5-13-41-14-6-10-22(18-25)35(21)41;1-3-5(7)6(8)4-2/h17-20H,3-16H2,1-2H3;3-4H2,1-2H3. The molecule has 51 heavy (non-hydrogen) atoms. The van der Waals surface area contributed by atoms with E-state index < -0.39 is 0 Å². The van der Waals surface area contributed by atoms with E-state index in [-0.39, 0.29) is 11.6 Å². The molecule has 0 fully saturated rings. The van der Waals surface area contributed by atoms with Crippen molar-refractivity contribution in [1.82, 2.24) is 18.7 Å². The second-order valence-electron chi connectivity index (χ2n) is 14.5. The molecule has 0 saturated carbocycles. The molecular weight excluding hydrogens is 653 g/mol. The molecule has 6 heterocycles. The highest BCUT2D eigenvalue weighted by Crippen LogP contribution is 2.47. The van der Waals surface area contributed by atoms with E-state index in [2.05, 4.69) is 47.9 Å². The lowest BCUT2D eigenvalue weighted by molar-refractivity contribution is -0.136. The number of anilines is 2. The molecule has 0 atom stereocenters. The van der Waals surface area contributed by atoms with E-state index in [4.69, 9.17) is 18.7 Å². The maximum atomic E-state index is 10.4. The quantitative estimate of drug-likeness (QED) is 0.156. The minimum atomic E-state index is -0.257. The third-order valence-corrected chi connectivity index (χ3v) is 11.9. The van der Waals surface area contributed by atoms with E-state index in [1.165, 1.54) is 108 Å². The fraction of sp³-hybridized carbons (Fsp3) is 0.476. The van der Waals surface area contributed by atoms with Crippen molar-refractivity contribution in [3.05, 3.63) is 57.9 Å². The Kier molecular flexibility index (Phi) is 9.34. The Bertz CT molecular complexity index is 1970. The van der Waals surface area contributed by atoms with Gasteiger partial charge in [0, 0.05) is 61.5 Å². The molecule has 3 aromatic carbocycles. The largest absolute Gasteiger partial charge is 0.371 e. The first-order valence-electron chi connectivity index (χ1n) is 19.3. The fourth-order valence-electron chi connectivity index (χ4n) is 9.00. The summed E-state index contributed by atoms with van der Waals surface area (Å²) >= 11 is 1.33. The first kappa shape index (κ1) is 33.9. The Balaban J connectivity index is 0.000000421. The van der Waals surface area contributed by atoms with Gasteiger partial charge in [-0.3, -0.25) is 9.59 Å². The van der Waals surface area contributed by atoms with Crippen LogP contribution < -0.4 is 9.80 Å². The average molecular weight is 701 g/mol. The molecule has 2 aromatic heterocycles. The van der Waals surface area contributed by atoms with E-state index in [1.54, 1.807) is 13.8 Å². The number of Topliss-reactive ketones (excluding diaryl/α,β-unsaturated/α-hetero) is 2. The molecule has 0 saturated heterocycles. The van der Waals surface area contributed by atoms with Crippen molar-refractivity contribution in [2.24, 2.45) is 0 Å². The molecule has 4 aliphatic rings. The monoisotopic (exact) mass is 700 g/mol. The number of fused-ring (bicyclic) bond motifs is 2. The van der Waals surface area contributed by atoms with Crippen LogP contribution in [0.3, 0.4) is 0 Å². The number of aromatic nitrogens is 4. The molecule has 5 aromatic rings. The molecule has 0 bridgehead atoms. The first-order valence-corrected chi connectivity index (χ1v) is 20.0. The Morgan fingerprint density at radius 1 is 0.569 bits per heavy atom. The van der Waals surface area contributed by atoms with Crippen LogP contribution in [0.15, 0.2) is 24.3 Å². The lowest BCUT2D eigenvalue weighted by atomic mass is 9.85. The molecule has 0 N–H and O–H groups in total. The van der Waals surface area contributed by atoms with E-state index in [9.17, 15) is 9.59 Å². The highest BCUT2D eigenvalue weighted by atomic mass is 32.1. The summed E-state index contributed by atoms with van der Waals surface area (Å²) in [4.78, 5) is 37.0. The zero-order valence-electron chi connectivity index (χ0n) is 30.5. The maximum Gasteiger partial charge on any atom is 0.198 e. The Labute approximate surface area is 305 Å². The minimum absolute atomic E-state index is 0.257. The topological polar surface area (TPSA) is 92.2 Å². The smallest absolute Gasteiger partial charge is 0.198 e. The fourth-order valence-corrected chi connectivity index (χ4v) is 9.56. The lowest BCUT2D eigenvalue weighted by Gasteiger charge is -2.37. The summed E-state index contributed by atoms with van der Waals surface area (Å²) in [5.41, 5.74) is 19.8. The number of nitrogens with zero attached hydrogens (tertiary/aromatic N) is 6. The maximum absolute atomic E-state index is 10.4. The van der Waals surface area contributed by atoms with Gasteiger partial charge in [0.05, 0.1) is 34.1 Å². The van der Waals surface area contributed by atoms with E-state index in [0.29, 0.717) is 12.8 Å². The Hall–Kier alpha value is -4.24. The zero-order chi connectivity index (χ0) is 35.2. The molecule has 0 aliphatic carbocycles. The summed E-state index contributed by atoms with van der Waals surface area (Å²) in [6.45, 7) is 12.5. The van der Waals surface area contributed by atoms with Crippen LogP contribution in [-0.4, -0.2) is 56.5 Å². The number of carbonyl (C=O) groups excluding carboxylic acids is 2. The van der Waals surface area contributed by atoms with Gasteiger partial charge in [0.15, 0.2) is 11.6 Å². The van der Waals surface area contributed by atoms with Gasteiger partial charge in [0.25, 0.3) is 0 Å². The highest BCUT2D eigenvalue weighted by molar-refractivity contribution is 7.00. The summed E-state index contributed by atoms with van der Waals surface area (Å²) in [6.07, 6.45) is 11.9. The van der Waals surface area contributed by atoms with Crippen LogP contribution in [0, 0.1) is 0 Å². The normalized spacial score (nSPS) is 16.1. The number of benzene rings is 3. The van der Waals surface area contributed by atoms with Gasteiger partial charge >= 0.3 is 0 Å². The van der Waals surface area contributed by atoms with Crippen molar-refractivity contribution in [3.63, 3.8) is 0 Å². The van der Waals surface area contributed by atoms with Crippen molar-refractivity contribution in [2.45, 2.75) is 105 Å².